The van der Waals surface area contributed by atoms with Crippen LogP contribution >= 0.6 is 31.9 Å². The van der Waals surface area contributed by atoms with E-state index in [0.717, 1.165) is 0 Å². The lowest BCUT2D eigenvalue weighted by Crippen LogP contribution is -2.49. The van der Waals surface area contributed by atoms with Gasteiger partial charge < -0.3 is 9.64 Å². The maximum Gasteiger partial charge on any atom is 0.257 e. The van der Waals surface area contributed by atoms with E-state index in [1.165, 1.54) is 12.1 Å². The second-order valence-corrected chi connectivity index (χ2v) is 6.12. The number of nitrogens with zero attached hydrogens (tertiary/aromatic N) is 1. The van der Waals surface area contributed by atoms with E-state index in [2.05, 4.69) is 31.9 Å². The van der Waals surface area contributed by atoms with Crippen LogP contribution in [0.1, 0.15) is 17.3 Å². The minimum Gasteiger partial charge on any atom is -0.371 e. The number of alkyl halides is 1. The van der Waals surface area contributed by atoms with Crippen molar-refractivity contribution in [1.29, 1.82) is 0 Å². The first-order chi connectivity index (χ1) is 9.01. The van der Waals surface area contributed by atoms with Crippen LogP contribution in [-0.2, 0) is 4.74 Å². The van der Waals surface area contributed by atoms with Gasteiger partial charge in [0.2, 0.25) is 0 Å². The Balaban J connectivity index is 2.18. The van der Waals surface area contributed by atoms with Crippen molar-refractivity contribution in [1.82, 2.24) is 4.90 Å². The fourth-order valence-electron chi connectivity index (χ4n) is 2.13. The van der Waals surface area contributed by atoms with Gasteiger partial charge in [0.25, 0.3) is 5.91 Å². The van der Waals surface area contributed by atoms with Crippen molar-refractivity contribution in [3.63, 3.8) is 0 Å². The monoisotopic (exact) mass is 393 g/mol. The predicted octanol–water partition coefficient (Wildman–Crippen LogP) is 3.21. The fraction of sp³-hybridized carbons (Fsp3) is 0.462. The standard InChI is InChI=1S/C13H14Br2FNO2/c1-8-6-17(7-10(5-14)19-8)13(18)11-3-2-9(15)4-12(11)16/h2-4,8,10H,5-7H2,1H3. The first-order valence-corrected chi connectivity index (χ1v) is 7.88. The molecule has 0 aliphatic carbocycles. The molecule has 1 fully saturated rings. The van der Waals surface area contributed by atoms with E-state index in [-0.39, 0.29) is 23.7 Å². The minimum absolute atomic E-state index is 0.0428. The van der Waals surface area contributed by atoms with Crippen LogP contribution in [0.25, 0.3) is 0 Å². The molecule has 0 aromatic heterocycles. The number of morpholine rings is 1. The van der Waals surface area contributed by atoms with E-state index in [4.69, 9.17) is 4.74 Å². The molecule has 0 spiro atoms. The topological polar surface area (TPSA) is 29.5 Å². The summed E-state index contributed by atoms with van der Waals surface area (Å²) in [6.07, 6.45) is -0.0926. The van der Waals surface area contributed by atoms with E-state index in [0.29, 0.717) is 22.9 Å². The van der Waals surface area contributed by atoms with Gasteiger partial charge in [0, 0.05) is 22.9 Å². The summed E-state index contributed by atoms with van der Waals surface area (Å²) < 4.78 is 20.1. The van der Waals surface area contributed by atoms with Crippen LogP contribution < -0.4 is 0 Å². The van der Waals surface area contributed by atoms with Gasteiger partial charge in [0.05, 0.1) is 17.8 Å². The maximum absolute atomic E-state index is 13.8. The van der Waals surface area contributed by atoms with E-state index in [1.807, 2.05) is 6.92 Å². The van der Waals surface area contributed by atoms with Gasteiger partial charge >= 0.3 is 0 Å². The smallest absolute Gasteiger partial charge is 0.257 e. The lowest BCUT2D eigenvalue weighted by atomic mass is 10.1. The molecule has 1 saturated heterocycles. The summed E-state index contributed by atoms with van der Waals surface area (Å²) in [6, 6.07) is 4.48. The van der Waals surface area contributed by atoms with E-state index in [9.17, 15) is 9.18 Å². The number of benzene rings is 1. The second kappa shape index (κ2) is 6.33. The maximum atomic E-state index is 13.8. The van der Waals surface area contributed by atoms with Crippen LogP contribution in [0.4, 0.5) is 4.39 Å². The quantitative estimate of drug-likeness (QED) is 0.721. The molecule has 1 aliphatic rings. The molecule has 0 saturated carbocycles. The van der Waals surface area contributed by atoms with Crippen molar-refractivity contribution in [3.8, 4) is 0 Å². The Morgan fingerprint density at radius 2 is 2.26 bits per heavy atom. The number of amides is 1. The van der Waals surface area contributed by atoms with Crippen molar-refractivity contribution >= 4 is 37.8 Å². The van der Waals surface area contributed by atoms with Crippen molar-refractivity contribution in [2.45, 2.75) is 19.1 Å². The molecule has 0 radical (unpaired) electrons. The Morgan fingerprint density at radius 1 is 1.53 bits per heavy atom. The Morgan fingerprint density at radius 3 is 2.89 bits per heavy atom. The van der Waals surface area contributed by atoms with Crippen molar-refractivity contribution in [2.24, 2.45) is 0 Å². The SMILES string of the molecule is CC1CN(C(=O)c2ccc(Br)cc2F)CC(CBr)O1. The summed E-state index contributed by atoms with van der Waals surface area (Å²) in [5.41, 5.74) is 0.102. The minimum atomic E-state index is -0.506. The van der Waals surface area contributed by atoms with Crippen molar-refractivity contribution < 1.29 is 13.9 Å². The summed E-state index contributed by atoms with van der Waals surface area (Å²) in [7, 11) is 0. The van der Waals surface area contributed by atoms with Gasteiger partial charge in [-0.05, 0) is 25.1 Å². The third-order valence-corrected chi connectivity index (χ3v) is 4.16. The van der Waals surface area contributed by atoms with Crippen molar-refractivity contribution in [3.05, 3.63) is 34.1 Å². The summed E-state index contributed by atoms with van der Waals surface area (Å²) in [5.74, 6) is -0.792. The van der Waals surface area contributed by atoms with Crippen LogP contribution in [-0.4, -0.2) is 41.4 Å². The summed E-state index contributed by atoms with van der Waals surface area (Å²) >= 11 is 6.53. The number of carbonyl (C=O) groups is 1. The highest BCUT2D eigenvalue weighted by molar-refractivity contribution is 9.10. The largest absolute Gasteiger partial charge is 0.371 e. The van der Waals surface area contributed by atoms with E-state index in [1.54, 1.807) is 11.0 Å². The molecule has 19 heavy (non-hydrogen) atoms. The third kappa shape index (κ3) is 3.55. The molecule has 104 valence electrons. The van der Waals surface area contributed by atoms with Gasteiger partial charge in [0.15, 0.2) is 0 Å². The highest BCUT2D eigenvalue weighted by Gasteiger charge is 2.29. The molecule has 1 aromatic carbocycles. The van der Waals surface area contributed by atoms with Crippen LogP contribution in [0, 0.1) is 5.82 Å². The average molecular weight is 395 g/mol. The molecule has 0 N–H and O–H groups in total. The zero-order chi connectivity index (χ0) is 14.0. The second-order valence-electron chi connectivity index (χ2n) is 4.56. The summed E-state index contributed by atoms with van der Waals surface area (Å²) in [5, 5.41) is 0.657. The lowest BCUT2D eigenvalue weighted by molar-refractivity contribution is -0.0560. The third-order valence-electron chi connectivity index (χ3n) is 2.95. The number of halogens is 3. The molecular formula is C13H14Br2FNO2. The van der Waals surface area contributed by atoms with E-state index >= 15 is 0 Å². The highest BCUT2D eigenvalue weighted by atomic mass is 79.9. The van der Waals surface area contributed by atoms with Gasteiger partial charge in [-0.15, -0.1) is 0 Å². The van der Waals surface area contributed by atoms with Gasteiger partial charge in [-0.25, -0.2) is 4.39 Å². The van der Waals surface area contributed by atoms with Crippen molar-refractivity contribution in [2.75, 3.05) is 18.4 Å². The molecule has 1 amide bonds. The molecule has 1 heterocycles. The molecule has 0 bridgehead atoms. The first-order valence-electron chi connectivity index (χ1n) is 5.97. The van der Waals surface area contributed by atoms with Gasteiger partial charge in [-0.2, -0.15) is 0 Å². The molecular weight excluding hydrogens is 381 g/mol. The number of rotatable bonds is 2. The molecule has 2 rings (SSSR count). The molecule has 2 atom stereocenters. The van der Waals surface area contributed by atoms with Crippen LogP contribution in [0.2, 0.25) is 0 Å². The van der Waals surface area contributed by atoms with E-state index < -0.39 is 5.82 Å². The molecule has 1 aliphatic heterocycles. The summed E-state index contributed by atoms with van der Waals surface area (Å²) in [4.78, 5) is 14.0. The zero-order valence-corrected chi connectivity index (χ0v) is 13.6. The first kappa shape index (κ1) is 14.9. The number of carbonyl (C=O) groups excluding carboxylic acids is 1. The number of hydrogen-bond acceptors (Lipinski definition) is 2. The Hall–Kier alpha value is -0.460. The molecule has 3 nitrogen and oxygen atoms in total. The fourth-order valence-corrected chi connectivity index (χ4v) is 2.82. The average Bonchev–Trinajstić information content (AvgIpc) is 2.37. The van der Waals surface area contributed by atoms with Gasteiger partial charge in [0.1, 0.15) is 5.82 Å². The highest BCUT2D eigenvalue weighted by Crippen LogP contribution is 2.20. The number of hydrogen-bond donors (Lipinski definition) is 0. The van der Waals surface area contributed by atoms with Gasteiger partial charge in [-0.3, -0.25) is 4.79 Å². The number of ether oxygens (including phenoxy) is 1. The molecule has 2 unspecified atom stereocenters. The van der Waals surface area contributed by atoms with Gasteiger partial charge in [-0.1, -0.05) is 31.9 Å². The lowest BCUT2D eigenvalue weighted by Gasteiger charge is -2.36. The Labute approximate surface area is 128 Å². The van der Waals surface area contributed by atoms with Crippen LogP contribution in [0.15, 0.2) is 22.7 Å². The zero-order valence-electron chi connectivity index (χ0n) is 10.4. The predicted molar refractivity (Wildman–Crippen MR) is 78.1 cm³/mol. The van der Waals surface area contributed by atoms with Crippen LogP contribution in [0.5, 0.6) is 0 Å². The molecule has 1 aromatic rings. The Bertz CT molecular complexity index is 484. The normalized spacial score (nSPS) is 23.5. The Kier molecular flexibility index (Phi) is 4.97. The van der Waals surface area contributed by atoms with Crippen LogP contribution in [0.3, 0.4) is 0 Å². The molecule has 6 heteroatoms. The summed E-state index contributed by atoms with van der Waals surface area (Å²) in [6.45, 7) is 2.87.